The quantitative estimate of drug-likeness (QED) is 0.801. The van der Waals surface area contributed by atoms with Crippen molar-refractivity contribution in [3.63, 3.8) is 0 Å². The summed E-state index contributed by atoms with van der Waals surface area (Å²) in [5, 5.41) is 0. The number of rotatable bonds is 4. The highest BCUT2D eigenvalue weighted by molar-refractivity contribution is 5.79. The fourth-order valence-corrected chi connectivity index (χ4v) is 3.30. The highest BCUT2D eigenvalue weighted by Gasteiger charge is 2.44. The number of hydrogen-bond donors (Lipinski definition) is 0. The predicted molar refractivity (Wildman–Crippen MR) is 89.1 cm³/mol. The van der Waals surface area contributed by atoms with Gasteiger partial charge in [0, 0.05) is 31.5 Å². The number of nitrogens with zero attached hydrogens (tertiary/aromatic N) is 5. The minimum absolute atomic E-state index is 0.0136. The average Bonchev–Trinajstić information content (AvgIpc) is 3.10. The summed E-state index contributed by atoms with van der Waals surface area (Å²) >= 11 is 0. The Bertz CT molecular complexity index is 757. The van der Waals surface area contributed by atoms with Crippen LogP contribution in [-0.2, 0) is 16.1 Å². The highest BCUT2D eigenvalue weighted by Crippen LogP contribution is 2.27. The average molecular weight is 341 g/mol. The number of carbonyl (C=O) groups excluding carboxylic acids is 1. The van der Waals surface area contributed by atoms with E-state index in [4.69, 9.17) is 9.47 Å². The third-order valence-corrected chi connectivity index (χ3v) is 4.55. The van der Waals surface area contributed by atoms with Gasteiger partial charge in [0.2, 0.25) is 17.7 Å². The van der Waals surface area contributed by atoms with Gasteiger partial charge >= 0.3 is 0 Å². The van der Waals surface area contributed by atoms with Crippen molar-refractivity contribution in [3.05, 3.63) is 42.4 Å². The summed E-state index contributed by atoms with van der Waals surface area (Å²) in [5.41, 5.74) is 0.868. The topological polar surface area (TPSA) is 80.7 Å². The summed E-state index contributed by atoms with van der Waals surface area (Å²) in [6.07, 6.45) is 3.35. The Morgan fingerprint density at radius 1 is 1.24 bits per heavy atom. The van der Waals surface area contributed by atoms with Gasteiger partial charge in [0.1, 0.15) is 6.61 Å². The zero-order valence-corrected chi connectivity index (χ0v) is 13.9. The summed E-state index contributed by atoms with van der Waals surface area (Å²) in [7, 11) is 1.58. The van der Waals surface area contributed by atoms with E-state index in [0.717, 1.165) is 5.69 Å². The van der Waals surface area contributed by atoms with Crippen molar-refractivity contribution in [3.8, 4) is 5.88 Å². The van der Waals surface area contributed by atoms with Crippen LogP contribution in [0.3, 0.4) is 0 Å². The molecule has 1 amide bonds. The van der Waals surface area contributed by atoms with Crippen molar-refractivity contribution in [2.45, 2.75) is 18.7 Å². The van der Waals surface area contributed by atoms with E-state index in [9.17, 15) is 4.79 Å². The van der Waals surface area contributed by atoms with Crippen molar-refractivity contribution in [1.82, 2.24) is 19.9 Å². The summed E-state index contributed by atoms with van der Waals surface area (Å²) in [6, 6.07) is 7.38. The second-order valence-corrected chi connectivity index (χ2v) is 6.06. The summed E-state index contributed by atoms with van der Waals surface area (Å²) < 4.78 is 10.9. The van der Waals surface area contributed by atoms with Crippen molar-refractivity contribution < 1.29 is 14.3 Å². The minimum Gasteiger partial charge on any atom is -0.481 e. The molecule has 0 spiro atoms. The van der Waals surface area contributed by atoms with Gasteiger partial charge < -0.3 is 19.3 Å². The molecule has 130 valence electrons. The van der Waals surface area contributed by atoms with Crippen LogP contribution in [0.2, 0.25) is 0 Å². The number of anilines is 1. The van der Waals surface area contributed by atoms with Gasteiger partial charge in [-0.05, 0) is 12.1 Å². The molecule has 0 aliphatic carbocycles. The zero-order chi connectivity index (χ0) is 17.2. The lowest BCUT2D eigenvalue weighted by Gasteiger charge is -2.36. The molecule has 0 N–H and O–H groups in total. The van der Waals surface area contributed by atoms with E-state index >= 15 is 0 Å². The Morgan fingerprint density at radius 2 is 2.16 bits per heavy atom. The molecule has 2 aromatic rings. The largest absolute Gasteiger partial charge is 0.481 e. The molecule has 4 rings (SSSR count). The van der Waals surface area contributed by atoms with Crippen molar-refractivity contribution in [2.75, 3.05) is 31.7 Å². The number of methoxy groups -OCH3 is 1. The van der Waals surface area contributed by atoms with E-state index in [2.05, 4.69) is 15.0 Å². The Balaban J connectivity index is 1.54. The number of fused-ring (bicyclic) bond motifs is 1. The maximum Gasteiger partial charge on any atom is 0.249 e. The smallest absolute Gasteiger partial charge is 0.249 e. The summed E-state index contributed by atoms with van der Waals surface area (Å²) in [5.74, 6) is 1.09. The maximum absolute atomic E-state index is 12.4. The van der Waals surface area contributed by atoms with Gasteiger partial charge in [-0.1, -0.05) is 6.07 Å². The van der Waals surface area contributed by atoms with E-state index in [1.54, 1.807) is 25.6 Å². The van der Waals surface area contributed by atoms with Gasteiger partial charge in [-0.3, -0.25) is 9.78 Å². The third-order valence-electron chi connectivity index (χ3n) is 4.55. The van der Waals surface area contributed by atoms with Crippen LogP contribution in [-0.4, -0.2) is 64.7 Å². The van der Waals surface area contributed by atoms with Crippen molar-refractivity contribution >= 4 is 11.9 Å². The van der Waals surface area contributed by atoms with E-state index in [0.29, 0.717) is 31.5 Å². The molecular weight excluding hydrogens is 322 g/mol. The first-order valence-corrected chi connectivity index (χ1v) is 8.17. The molecule has 25 heavy (non-hydrogen) atoms. The Labute approximate surface area is 145 Å². The van der Waals surface area contributed by atoms with E-state index < -0.39 is 0 Å². The molecule has 2 aliphatic rings. The first kappa shape index (κ1) is 15.8. The standard InChI is InChI=1S/C17H19N5O3/c1-24-15-5-7-19-17(20-15)21-9-13-14(10-21)25-11-16(23)22(13)8-12-4-2-3-6-18-12/h2-7,13-14H,8-11H2,1H3/t13-,14+/m1/s1. The molecule has 8 nitrogen and oxygen atoms in total. The molecule has 0 saturated carbocycles. The van der Waals surface area contributed by atoms with Crippen LogP contribution in [0.15, 0.2) is 36.7 Å². The van der Waals surface area contributed by atoms with Crippen LogP contribution in [0.4, 0.5) is 5.95 Å². The van der Waals surface area contributed by atoms with Gasteiger partial charge in [-0.2, -0.15) is 4.98 Å². The highest BCUT2D eigenvalue weighted by atomic mass is 16.5. The van der Waals surface area contributed by atoms with Crippen LogP contribution in [0, 0.1) is 0 Å². The molecule has 2 fully saturated rings. The SMILES string of the molecule is COc1ccnc(N2C[C@@H]3OCC(=O)N(Cc4ccccn4)[C@@H]3C2)n1. The second kappa shape index (κ2) is 6.64. The summed E-state index contributed by atoms with van der Waals surface area (Å²) in [4.78, 5) is 29.3. The van der Waals surface area contributed by atoms with Crippen LogP contribution >= 0.6 is 0 Å². The molecule has 2 aliphatic heterocycles. The molecule has 0 aromatic carbocycles. The Kier molecular flexibility index (Phi) is 4.19. The number of morpholine rings is 1. The maximum atomic E-state index is 12.4. The fraction of sp³-hybridized carbons (Fsp3) is 0.412. The van der Waals surface area contributed by atoms with Gasteiger partial charge in [-0.25, -0.2) is 4.98 Å². The second-order valence-electron chi connectivity index (χ2n) is 6.06. The Hall–Kier alpha value is -2.74. The molecule has 2 aromatic heterocycles. The molecule has 2 saturated heterocycles. The van der Waals surface area contributed by atoms with Crippen molar-refractivity contribution in [1.29, 1.82) is 0 Å². The lowest BCUT2D eigenvalue weighted by atomic mass is 10.1. The lowest BCUT2D eigenvalue weighted by Crippen LogP contribution is -2.53. The van der Waals surface area contributed by atoms with Gasteiger partial charge in [-0.15, -0.1) is 0 Å². The number of ether oxygens (including phenoxy) is 2. The van der Waals surface area contributed by atoms with E-state index in [1.807, 2.05) is 28.0 Å². The van der Waals surface area contributed by atoms with E-state index in [1.165, 1.54) is 0 Å². The molecule has 0 unspecified atom stereocenters. The van der Waals surface area contributed by atoms with Crippen LogP contribution in [0.1, 0.15) is 5.69 Å². The Morgan fingerprint density at radius 3 is 2.96 bits per heavy atom. The third kappa shape index (κ3) is 3.12. The predicted octanol–water partition coefficient (Wildman–Crippen LogP) is 0.496. The fourth-order valence-electron chi connectivity index (χ4n) is 3.30. The lowest BCUT2D eigenvalue weighted by molar-refractivity contribution is -0.154. The number of amides is 1. The first-order chi connectivity index (χ1) is 12.2. The van der Waals surface area contributed by atoms with E-state index in [-0.39, 0.29) is 24.7 Å². The van der Waals surface area contributed by atoms with Crippen LogP contribution in [0.25, 0.3) is 0 Å². The molecule has 4 heterocycles. The number of hydrogen-bond acceptors (Lipinski definition) is 7. The zero-order valence-electron chi connectivity index (χ0n) is 13.9. The molecule has 0 bridgehead atoms. The molecule has 0 radical (unpaired) electrons. The van der Waals surface area contributed by atoms with Gasteiger partial charge in [0.05, 0.1) is 31.5 Å². The van der Waals surface area contributed by atoms with Gasteiger partial charge in [0.25, 0.3) is 0 Å². The monoisotopic (exact) mass is 341 g/mol. The van der Waals surface area contributed by atoms with Crippen molar-refractivity contribution in [2.24, 2.45) is 0 Å². The van der Waals surface area contributed by atoms with Crippen LogP contribution < -0.4 is 9.64 Å². The van der Waals surface area contributed by atoms with Gasteiger partial charge in [0.15, 0.2) is 0 Å². The molecular formula is C17H19N5O3. The normalized spacial score (nSPS) is 22.8. The first-order valence-electron chi connectivity index (χ1n) is 8.17. The number of aromatic nitrogens is 3. The van der Waals surface area contributed by atoms with Crippen LogP contribution in [0.5, 0.6) is 5.88 Å². The summed E-state index contributed by atoms with van der Waals surface area (Å²) in [6.45, 7) is 1.85. The number of pyridine rings is 1. The molecule has 2 atom stereocenters. The minimum atomic E-state index is -0.0591. The number of carbonyl (C=O) groups is 1. The molecule has 8 heteroatoms.